The molecule has 0 aromatic heterocycles. The van der Waals surface area contributed by atoms with Gasteiger partial charge in [0.1, 0.15) is 17.4 Å². The molecule has 2 aliphatic rings. The Morgan fingerprint density at radius 2 is 2.00 bits per heavy atom. The number of ether oxygens (including phenoxy) is 2. The lowest BCUT2D eigenvalue weighted by molar-refractivity contribution is -0.115. The smallest absolute Gasteiger partial charge is 0.410 e. The molecule has 3 rings (SSSR count). The van der Waals surface area contributed by atoms with Crippen LogP contribution < -0.4 is 10.1 Å². The summed E-state index contributed by atoms with van der Waals surface area (Å²) in [7, 11) is 0. The standard InChI is InChI=1S/C19H21N3O4/c1-19(2,3)26-18(24)22-9-7-12(8-10-22)16-17(23)21-15-13(11-20)5-4-6-14(15)25-16/h4-6H,7-10H2,1-3H3,(H,21,23). The third kappa shape index (κ3) is 3.64. The van der Waals surface area contributed by atoms with E-state index in [0.717, 1.165) is 5.57 Å². The van der Waals surface area contributed by atoms with Crippen molar-refractivity contribution in [2.75, 3.05) is 18.4 Å². The van der Waals surface area contributed by atoms with Crippen molar-refractivity contribution in [1.82, 2.24) is 4.90 Å². The zero-order valence-electron chi connectivity index (χ0n) is 15.1. The highest BCUT2D eigenvalue weighted by atomic mass is 16.6. The Labute approximate surface area is 152 Å². The summed E-state index contributed by atoms with van der Waals surface area (Å²) in [5, 5.41) is 11.9. The van der Waals surface area contributed by atoms with E-state index >= 15 is 0 Å². The minimum absolute atomic E-state index is 0.261. The van der Waals surface area contributed by atoms with Gasteiger partial charge in [0.2, 0.25) is 0 Å². The second kappa shape index (κ2) is 6.71. The number of fused-ring (bicyclic) bond motifs is 1. The molecule has 2 amide bonds. The van der Waals surface area contributed by atoms with Gasteiger partial charge in [0, 0.05) is 13.1 Å². The number of anilines is 1. The summed E-state index contributed by atoms with van der Waals surface area (Å²) in [4.78, 5) is 26.2. The number of nitrogens with zero attached hydrogens (tertiary/aromatic N) is 2. The summed E-state index contributed by atoms with van der Waals surface area (Å²) in [6.45, 7) is 6.42. The SMILES string of the molecule is CC(C)(C)OC(=O)N1CCC(=C2Oc3cccc(C#N)c3NC2=O)CC1. The van der Waals surface area contributed by atoms with Crippen molar-refractivity contribution in [3.8, 4) is 11.8 Å². The number of piperidine rings is 1. The fourth-order valence-electron chi connectivity index (χ4n) is 2.91. The van der Waals surface area contributed by atoms with E-state index in [1.807, 2.05) is 26.8 Å². The van der Waals surface area contributed by atoms with Gasteiger partial charge in [0.15, 0.2) is 11.5 Å². The van der Waals surface area contributed by atoms with Crippen LogP contribution in [0.25, 0.3) is 0 Å². The first-order chi connectivity index (χ1) is 12.3. The van der Waals surface area contributed by atoms with Crippen molar-refractivity contribution in [1.29, 1.82) is 5.26 Å². The van der Waals surface area contributed by atoms with Crippen LogP contribution in [0.2, 0.25) is 0 Å². The van der Waals surface area contributed by atoms with E-state index in [-0.39, 0.29) is 17.8 Å². The highest BCUT2D eigenvalue weighted by Crippen LogP contribution is 2.35. The summed E-state index contributed by atoms with van der Waals surface area (Å²) in [6.07, 6.45) is 0.726. The fraction of sp³-hybridized carbons (Fsp3) is 0.421. The lowest BCUT2D eigenvalue weighted by atomic mass is 10.0. The number of likely N-dealkylation sites (tertiary alicyclic amines) is 1. The molecule has 1 fully saturated rings. The lowest BCUT2D eigenvalue weighted by Gasteiger charge is -2.32. The van der Waals surface area contributed by atoms with Crippen LogP contribution in [0.5, 0.6) is 5.75 Å². The molecule has 1 aromatic rings. The van der Waals surface area contributed by atoms with Gasteiger partial charge >= 0.3 is 6.09 Å². The molecule has 1 saturated heterocycles. The van der Waals surface area contributed by atoms with Crippen molar-refractivity contribution < 1.29 is 19.1 Å². The van der Waals surface area contributed by atoms with Crippen molar-refractivity contribution in [3.05, 3.63) is 35.1 Å². The summed E-state index contributed by atoms with van der Waals surface area (Å²) >= 11 is 0. The second-order valence-electron chi connectivity index (χ2n) is 7.25. The molecule has 1 N–H and O–H groups in total. The molecule has 2 aliphatic heterocycles. The van der Waals surface area contributed by atoms with Crippen LogP contribution in [0.3, 0.4) is 0 Å². The molecule has 7 nitrogen and oxygen atoms in total. The molecular weight excluding hydrogens is 334 g/mol. The van der Waals surface area contributed by atoms with Gasteiger partial charge < -0.3 is 19.7 Å². The van der Waals surface area contributed by atoms with Crippen LogP contribution in [0.15, 0.2) is 29.5 Å². The van der Waals surface area contributed by atoms with Gasteiger partial charge in [-0.15, -0.1) is 0 Å². The molecule has 7 heteroatoms. The molecule has 0 saturated carbocycles. The zero-order chi connectivity index (χ0) is 18.9. The van der Waals surface area contributed by atoms with Gasteiger partial charge in [-0.25, -0.2) is 4.79 Å². The number of nitrogens with one attached hydrogen (secondary N) is 1. The van der Waals surface area contributed by atoms with Crippen molar-refractivity contribution in [3.63, 3.8) is 0 Å². The van der Waals surface area contributed by atoms with Crippen LogP contribution in [-0.4, -0.2) is 35.6 Å². The van der Waals surface area contributed by atoms with Crippen LogP contribution in [0.1, 0.15) is 39.2 Å². The molecule has 0 spiro atoms. The third-order valence-corrected chi connectivity index (χ3v) is 4.14. The van der Waals surface area contributed by atoms with E-state index in [0.29, 0.717) is 42.9 Å². The average Bonchev–Trinajstić information content (AvgIpc) is 2.59. The van der Waals surface area contributed by atoms with Crippen molar-refractivity contribution >= 4 is 17.7 Å². The summed E-state index contributed by atoms with van der Waals surface area (Å²) in [5.74, 6) is 0.359. The number of benzene rings is 1. The largest absolute Gasteiger partial charge is 0.449 e. The first kappa shape index (κ1) is 17.8. The predicted molar refractivity (Wildman–Crippen MR) is 94.5 cm³/mol. The molecular formula is C19H21N3O4. The number of amides is 2. The fourth-order valence-corrected chi connectivity index (χ4v) is 2.91. The number of rotatable bonds is 0. The third-order valence-electron chi connectivity index (χ3n) is 4.14. The molecule has 2 heterocycles. The highest BCUT2D eigenvalue weighted by molar-refractivity contribution is 6.06. The molecule has 0 bridgehead atoms. The molecule has 136 valence electrons. The van der Waals surface area contributed by atoms with Crippen LogP contribution in [0.4, 0.5) is 10.5 Å². The number of para-hydroxylation sites is 1. The van der Waals surface area contributed by atoms with Gasteiger partial charge in [-0.1, -0.05) is 6.07 Å². The van der Waals surface area contributed by atoms with Gasteiger partial charge in [0.05, 0.1) is 5.56 Å². The quantitative estimate of drug-likeness (QED) is 0.722. The molecule has 26 heavy (non-hydrogen) atoms. The Balaban J connectivity index is 1.74. The lowest BCUT2D eigenvalue weighted by Crippen LogP contribution is -2.41. The monoisotopic (exact) mass is 355 g/mol. The minimum Gasteiger partial charge on any atom is -0.449 e. The van der Waals surface area contributed by atoms with Gasteiger partial charge in [-0.05, 0) is 51.3 Å². The van der Waals surface area contributed by atoms with Gasteiger partial charge in [-0.3, -0.25) is 4.79 Å². The molecule has 0 atom stereocenters. The minimum atomic E-state index is -0.537. The summed E-state index contributed by atoms with van der Waals surface area (Å²) in [5.41, 5.74) is 1.08. The van der Waals surface area contributed by atoms with E-state index < -0.39 is 5.60 Å². The van der Waals surface area contributed by atoms with E-state index in [9.17, 15) is 9.59 Å². The highest BCUT2D eigenvalue weighted by Gasteiger charge is 2.31. The van der Waals surface area contributed by atoms with E-state index in [4.69, 9.17) is 14.7 Å². The Morgan fingerprint density at radius 3 is 2.62 bits per heavy atom. The molecule has 0 aliphatic carbocycles. The van der Waals surface area contributed by atoms with Crippen LogP contribution in [0, 0.1) is 11.3 Å². The first-order valence-electron chi connectivity index (χ1n) is 8.51. The Kier molecular flexibility index (Phi) is 4.60. The number of carbonyl (C=O) groups excluding carboxylic acids is 2. The Bertz CT molecular complexity index is 820. The molecule has 1 aromatic carbocycles. The first-order valence-corrected chi connectivity index (χ1v) is 8.51. The average molecular weight is 355 g/mol. The maximum atomic E-state index is 12.4. The van der Waals surface area contributed by atoms with Crippen LogP contribution in [-0.2, 0) is 9.53 Å². The topological polar surface area (TPSA) is 91.7 Å². The Hall–Kier alpha value is -3.01. The summed E-state index contributed by atoms with van der Waals surface area (Å²) in [6, 6.07) is 7.09. The van der Waals surface area contributed by atoms with Crippen LogP contribution >= 0.6 is 0 Å². The normalized spacial score (nSPS) is 17.0. The number of hydrogen-bond donors (Lipinski definition) is 1. The number of hydrogen-bond acceptors (Lipinski definition) is 5. The maximum Gasteiger partial charge on any atom is 0.410 e. The van der Waals surface area contributed by atoms with Gasteiger partial charge in [0.25, 0.3) is 5.91 Å². The van der Waals surface area contributed by atoms with Crippen molar-refractivity contribution in [2.45, 2.75) is 39.2 Å². The van der Waals surface area contributed by atoms with E-state index in [2.05, 4.69) is 5.32 Å². The van der Waals surface area contributed by atoms with Gasteiger partial charge in [-0.2, -0.15) is 5.26 Å². The number of carbonyl (C=O) groups is 2. The number of nitriles is 1. The second-order valence-corrected chi connectivity index (χ2v) is 7.25. The van der Waals surface area contributed by atoms with Crippen molar-refractivity contribution in [2.24, 2.45) is 0 Å². The predicted octanol–water partition coefficient (Wildman–Crippen LogP) is 3.17. The Morgan fingerprint density at radius 1 is 1.31 bits per heavy atom. The maximum absolute atomic E-state index is 12.4. The molecule has 0 unspecified atom stereocenters. The molecule has 0 radical (unpaired) electrons. The van der Waals surface area contributed by atoms with E-state index in [1.165, 1.54) is 0 Å². The zero-order valence-corrected chi connectivity index (χ0v) is 15.1. The van der Waals surface area contributed by atoms with E-state index in [1.54, 1.807) is 23.1 Å². The summed E-state index contributed by atoms with van der Waals surface area (Å²) < 4.78 is 11.2.